The maximum atomic E-state index is 5.88. The summed E-state index contributed by atoms with van der Waals surface area (Å²) in [4.78, 5) is 0. The van der Waals surface area contributed by atoms with Crippen LogP contribution in [0.3, 0.4) is 0 Å². The van der Waals surface area contributed by atoms with Gasteiger partial charge in [0.1, 0.15) is 10.0 Å². The Kier molecular flexibility index (Phi) is 2.56. The molecule has 0 aliphatic heterocycles. The molecule has 0 bridgehead atoms. The molecule has 0 N–H and O–H groups in total. The highest BCUT2D eigenvalue weighted by molar-refractivity contribution is 7.11. The molecule has 0 fully saturated rings. The van der Waals surface area contributed by atoms with Gasteiger partial charge in [0.05, 0.1) is 7.85 Å². The van der Waals surface area contributed by atoms with Crippen LogP contribution in [0.25, 0.3) is 0 Å². The van der Waals surface area contributed by atoms with Crippen LogP contribution < -0.4 is 0 Å². The minimum atomic E-state index is -0.356. The quantitative estimate of drug-likeness (QED) is 0.651. The first kappa shape index (κ1) is 9.71. The number of rotatable bonds is 2. The Morgan fingerprint density at radius 2 is 1.92 bits per heavy atom. The fraction of sp³-hybridized carbons (Fsp3) is 0.750. The second-order valence-corrected chi connectivity index (χ2v) is 4.83. The molecule has 12 heavy (non-hydrogen) atoms. The summed E-state index contributed by atoms with van der Waals surface area (Å²) in [7, 11) is 5.88. The third-order valence-corrected chi connectivity index (χ3v) is 3.05. The average Bonchev–Trinajstić information content (AvgIpc) is 2.30. The molecule has 1 aromatic heterocycles. The number of hydrogen-bond acceptors (Lipinski definition) is 3. The smallest absolute Gasteiger partial charge is 0.119 e. The summed E-state index contributed by atoms with van der Waals surface area (Å²) in [5.41, 5.74) is 0. The molecule has 0 aliphatic rings. The average molecular weight is 180 g/mol. The fourth-order valence-electron chi connectivity index (χ4n) is 0.728. The molecule has 4 heteroatoms. The summed E-state index contributed by atoms with van der Waals surface area (Å²) in [6.45, 7) is 8.09. The van der Waals surface area contributed by atoms with Crippen LogP contribution in [-0.2, 0) is 5.31 Å². The number of hydrogen-bond donors (Lipinski definition) is 0. The molecule has 0 saturated heterocycles. The molecular formula is C8H13BN2S. The lowest BCUT2D eigenvalue weighted by molar-refractivity contribution is 0.730. The van der Waals surface area contributed by atoms with Crippen molar-refractivity contribution < 1.29 is 0 Å². The highest BCUT2D eigenvalue weighted by Gasteiger charge is 2.19. The van der Waals surface area contributed by atoms with Gasteiger partial charge in [0.15, 0.2) is 0 Å². The molecule has 64 valence electrons. The van der Waals surface area contributed by atoms with Crippen molar-refractivity contribution in [3.8, 4) is 0 Å². The van der Waals surface area contributed by atoms with Crippen molar-refractivity contribution in [1.82, 2.24) is 10.2 Å². The molecule has 1 aromatic rings. The standard InChI is InChI=1S/C8H13BN2S/c1-5(2)6-10-11-7(12-6)8(3,4)9/h5H,1-4H3. The van der Waals surface area contributed by atoms with Gasteiger partial charge in [0, 0.05) is 5.92 Å². The molecule has 0 aliphatic carbocycles. The van der Waals surface area contributed by atoms with E-state index in [1.807, 2.05) is 13.8 Å². The molecule has 0 atom stereocenters. The van der Waals surface area contributed by atoms with Crippen LogP contribution in [0.15, 0.2) is 0 Å². The van der Waals surface area contributed by atoms with Crippen molar-refractivity contribution in [1.29, 1.82) is 0 Å². The maximum absolute atomic E-state index is 5.88. The van der Waals surface area contributed by atoms with Crippen molar-refractivity contribution >= 4 is 19.2 Å². The Balaban J connectivity index is 2.92. The van der Waals surface area contributed by atoms with Gasteiger partial charge in [-0.25, -0.2) is 0 Å². The van der Waals surface area contributed by atoms with Gasteiger partial charge in [-0.15, -0.1) is 21.5 Å². The van der Waals surface area contributed by atoms with Crippen LogP contribution in [0.4, 0.5) is 0 Å². The summed E-state index contributed by atoms with van der Waals surface area (Å²) in [6.07, 6.45) is 0. The third kappa shape index (κ3) is 2.06. The molecule has 1 rings (SSSR count). The van der Waals surface area contributed by atoms with Gasteiger partial charge in [-0.3, -0.25) is 0 Å². The number of aromatic nitrogens is 2. The third-order valence-electron chi connectivity index (χ3n) is 1.49. The molecular weight excluding hydrogens is 167 g/mol. The summed E-state index contributed by atoms with van der Waals surface area (Å²) in [5, 5.41) is 9.73. The Morgan fingerprint density at radius 3 is 2.17 bits per heavy atom. The molecule has 2 radical (unpaired) electrons. The zero-order chi connectivity index (χ0) is 9.35. The van der Waals surface area contributed by atoms with E-state index in [1.54, 1.807) is 11.3 Å². The highest BCUT2D eigenvalue weighted by atomic mass is 32.1. The second kappa shape index (κ2) is 3.17. The van der Waals surface area contributed by atoms with E-state index < -0.39 is 0 Å². The summed E-state index contributed by atoms with van der Waals surface area (Å²) in [6, 6.07) is 0. The van der Waals surface area contributed by atoms with Crippen LogP contribution in [0.5, 0.6) is 0 Å². The zero-order valence-corrected chi connectivity index (χ0v) is 8.77. The van der Waals surface area contributed by atoms with Gasteiger partial charge in [-0.05, 0) is 5.31 Å². The monoisotopic (exact) mass is 180 g/mol. The van der Waals surface area contributed by atoms with E-state index in [0.717, 1.165) is 10.0 Å². The van der Waals surface area contributed by atoms with E-state index >= 15 is 0 Å². The van der Waals surface area contributed by atoms with Crippen LogP contribution >= 0.6 is 11.3 Å². The van der Waals surface area contributed by atoms with Crippen LogP contribution in [-0.4, -0.2) is 18.0 Å². The van der Waals surface area contributed by atoms with Gasteiger partial charge in [0.25, 0.3) is 0 Å². The van der Waals surface area contributed by atoms with Crippen LogP contribution in [0.1, 0.15) is 43.6 Å². The summed E-state index contributed by atoms with van der Waals surface area (Å²) >= 11 is 1.60. The van der Waals surface area contributed by atoms with Crippen molar-refractivity contribution in [3.63, 3.8) is 0 Å². The van der Waals surface area contributed by atoms with Gasteiger partial charge < -0.3 is 0 Å². The van der Waals surface area contributed by atoms with E-state index in [-0.39, 0.29) is 5.31 Å². The van der Waals surface area contributed by atoms with E-state index in [0.29, 0.717) is 5.92 Å². The van der Waals surface area contributed by atoms with Crippen molar-refractivity contribution in [2.45, 2.75) is 38.9 Å². The van der Waals surface area contributed by atoms with Crippen molar-refractivity contribution in [2.75, 3.05) is 0 Å². The predicted octanol–water partition coefficient (Wildman–Crippen LogP) is 2.07. The molecule has 1 heterocycles. The van der Waals surface area contributed by atoms with Crippen molar-refractivity contribution in [3.05, 3.63) is 10.0 Å². The first-order valence-corrected chi connectivity index (χ1v) is 4.85. The molecule has 0 unspecified atom stereocenters. The minimum Gasteiger partial charge on any atom is -0.144 e. The first-order valence-electron chi connectivity index (χ1n) is 4.04. The number of nitrogens with zero attached hydrogens (tertiary/aromatic N) is 2. The van der Waals surface area contributed by atoms with Gasteiger partial charge in [0.2, 0.25) is 0 Å². The topological polar surface area (TPSA) is 25.8 Å². The lowest BCUT2D eigenvalue weighted by atomic mass is 9.73. The normalized spacial score (nSPS) is 12.4. The first-order chi connectivity index (χ1) is 5.41. The minimum absolute atomic E-state index is 0.356. The predicted molar refractivity (Wildman–Crippen MR) is 52.8 cm³/mol. The lowest BCUT2D eigenvalue weighted by Gasteiger charge is -2.12. The van der Waals surface area contributed by atoms with Gasteiger partial charge in [-0.2, -0.15) is 0 Å². The molecule has 2 nitrogen and oxygen atoms in total. The Labute approximate surface area is 78.8 Å². The van der Waals surface area contributed by atoms with Gasteiger partial charge >= 0.3 is 0 Å². The van der Waals surface area contributed by atoms with Crippen LogP contribution in [0, 0.1) is 0 Å². The zero-order valence-electron chi connectivity index (χ0n) is 7.96. The van der Waals surface area contributed by atoms with E-state index in [4.69, 9.17) is 7.85 Å². The SMILES string of the molecule is [B]C(C)(C)c1nnc(C(C)C)s1. The Hall–Kier alpha value is -0.375. The largest absolute Gasteiger partial charge is 0.144 e. The van der Waals surface area contributed by atoms with Crippen LogP contribution in [0.2, 0.25) is 0 Å². The second-order valence-electron chi connectivity index (χ2n) is 3.82. The Bertz CT molecular complexity index is 262. The van der Waals surface area contributed by atoms with E-state index in [2.05, 4.69) is 24.0 Å². The van der Waals surface area contributed by atoms with E-state index in [1.165, 1.54) is 0 Å². The maximum Gasteiger partial charge on any atom is 0.119 e. The lowest BCUT2D eigenvalue weighted by Crippen LogP contribution is -2.15. The molecule has 0 saturated carbocycles. The van der Waals surface area contributed by atoms with Gasteiger partial charge in [-0.1, -0.05) is 27.7 Å². The molecule has 0 aromatic carbocycles. The van der Waals surface area contributed by atoms with E-state index in [9.17, 15) is 0 Å². The summed E-state index contributed by atoms with van der Waals surface area (Å²) in [5.74, 6) is 0.443. The Morgan fingerprint density at radius 1 is 1.33 bits per heavy atom. The molecule has 0 spiro atoms. The fourth-order valence-corrected chi connectivity index (χ4v) is 1.59. The summed E-state index contributed by atoms with van der Waals surface area (Å²) < 4.78 is 0. The molecule has 0 amide bonds. The highest BCUT2D eigenvalue weighted by Crippen LogP contribution is 2.26. The van der Waals surface area contributed by atoms with Crippen molar-refractivity contribution in [2.24, 2.45) is 0 Å².